The van der Waals surface area contributed by atoms with Gasteiger partial charge in [-0.2, -0.15) is 0 Å². The summed E-state index contributed by atoms with van der Waals surface area (Å²) < 4.78 is 0. The van der Waals surface area contributed by atoms with Gasteiger partial charge >= 0.3 is 0 Å². The largest absolute Gasteiger partial charge is 0.298 e. The number of carbonyl (C=O) groups excluding carboxylic acids is 1. The predicted molar refractivity (Wildman–Crippen MR) is 56.6 cm³/mol. The Balaban J connectivity index is 2.93. The van der Waals surface area contributed by atoms with Gasteiger partial charge in [0.05, 0.1) is 5.52 Å². The number of hydrogen-bond donors (Lipinski definition) is 0. The van der Waals surface area contributed by atoms with Crippen molar-refractivity contribution in [3.05, 3.63) is 41.1 Å². The minimum atomic E-state index is 0.661. The van der Waals surface area contributed by atoms with Crippen molar-refractivity contribution in [2.75, 3.05) is 0 Å². The van der Waals surface area contributed by atoms with Crippen LogP contribution < -0.4 is 0 Å². The van der Waals surface area contributed by atoms with E-state index in [1.165, 1.54) is 0 Å². The minimum absolute atomic E-state index is 0.661. The number of rotatable bonds is 1. The van der Waals surface area contributed by atoms with Crippen LogP contribution >= 0.6 is 0 Å². The predicted octanol–water partition coefficient (Wildman–Crippen LogP) is 2.66. The Labute approximate surface area is 82.6 Å². The van der Waals surface area contributed by atoms with Gasteiger partial charge in [0.15, 0.2) is 6.29 Å². The van der Waals surface area contributed by atoms with Gasteiger partial charge in [0.2, 0.25) is 0 Å². The molecular weight excluding hydrogens is 174 g/mol. The third kappa shape index (κ3) is 1.29. The highest BCUT2D eigenvalue weighted by Crippen LogP contribution is 2.19. The maximum Gasteiger partial charge on any atom is 0.152 e. The molecule has 1 aromatic heterocycles. The highest BCUT2D eigenvalue weighted by molar-refractivity contribution is 5.96. The fraction of sp³-hybridized carbons (Fsp3) is 0.167. The van der Waals surface area contributed by atoms with Crippen molar-refractivity contribution in [2.45, 2.75) is 13.8 Å². The molecule has 0 saturated carbocycles. The Bertz CT molecular complexity index is 503. The SMILES string of the molecule is Cc1cc(C)c2cccc(C=O)c2n1. The molecular formula is C12H11NO. The first-order chi connectivity index (χ1) is 6.72. The summed E-state index contributed by atoms with van der Waals surface area (Å²) in [5.74, 6) is 0. The van der Waals surface area contributed by atoms with E-state index in [9.17, 15) is 4.79 Å². The Hall–Kier alpha value is -1.70. The molecule has 0 amide bonds. The van der Waals surface area contributed by atoms with Gasteiger partial charge in [0.25, 0.3) is 0 Å². The summed E-state index contributed by atoms with van der Waals surface area (Å²) in [6.45, 7) is 3.97. The molecule has 0 N–H and O–H groups in total. The molecule has 2 aromatic rings. The molecule has 1 aromatic carbocycles. The molecule has 2 nitrogen and oxygen atoms in total. The van der Waals surface area contributed by atoms with Crippen LogP contribution in [0.4, 0.5) is 0 Å². The average Bonchev–Trinajstić information content (AvgIpc) is 2.17. The minimum Gasteiger partial charge on any atom is -0.298 e. The zero-order chi connectivity index (χ0) is 10.1. The molecule has 0 radical (unpaired) electrons. The summed E-state index contributed by atoms with van der Waals surface area (Å²) in [5.41, 5.74) is 3.58. The summed E-state index contributed by atoms with van der Waals surface area (Å²) in [6.07, 6.45) is 0.855. The van der Waals surface area contributed by atoms with Crippen molar-refractivity contribution in [1.82, 2.24) is 4.98 Å². The second-order valence-corrected chi connectivity index (χ2v) is 3.44. The van der Waals surface area contributed by atoms with Gasteiger partial charge in [0, 0.05) is 16.6 Å². The highest BCUT2D eigenvalue weighted by atomic mass is 16.1. The number of benzene rings is 1. The van der Waals surface area contributed by atoms with E-state index in [4.69, 9.17) is 0 Å². The Morgan fingerprint density at radius 2 is 2.07 bits per heavy atom. The van der Waals surface area contributed by atoms with Crippen LogP contribution in [0.5, 0.6) is 0 Å². The van der Waals surface area contributed by atoms with Crippen LogP contribution in [-0.4, -0.2) is 11.3 Å². The smallest absolute Gasteiger partial charge is 0.152 e. The number of aldehydes is 1. The van der Waals surface area contributed by atoms with E-state index in [1.807, 2.05) is 32.0 Å². The molecule has 0 spiro atoms. The van der Waals surface area contributed by atoms with Gasteiger partial charge in [-0.3, -0.25) is 9.78 Å². The third-order valence-electron chi connectivity index (χ3n) is 2.33. The number of aryl methyl sites for hydroxylation is 2. The fourth-order valence-electron chi connectivity index (χ4n) is 1.70. The standard InChI is InChI=1S/C12H11NO/c1-8-6-9(2)13-12-10(7-14)4-3-5-11(8)12/h3-7H,1-2H3. The van der Waals surface area contributed by atoms with E-state index in [0.717, 1.165) is 28.4 Å². The van der Waals surface area contributed by atoms with Crippen LogP contribution in [-0.2, 0) is 0 Å². The molecule has 0 saturated heterocycles. The summed E-state index contributed by atoms with van der Waals surface area (Å²) in [6, 6.07) is 7.69. The molecule has 0 fully saturated rings. The lowest BCUT2D eigenvalue weighted by Gasteiger charge is -2.04. The first-order valence-electron chi connectivity index (χ1n) is 4.54. The first kappa shape index (κ1) is 8.88. The van der Waals surface area contributed by atoms with Crippen molar-refractivity contribution in [2.24, 2.45) is 0 Å². The number of carbonyl (C=O) groups is 1. The van der Waals surface area contributed by atoms with Gasteiger partial charge in [-0.15, -0.1) is 0 Å². The molecule has 0 aliphatic heterocycles. The lowest BCUT2D eigenvalue weighted by Crippen LogP contribution is -1.91. The van der Waals surface area contributed by atoms with Crippen molar-refractivity contribution >= 4 is 17.2 Å². The molecule has 14 heavy (non-hydrogen) atoms. The van der Waals surface area contributed by atoms with E-state index in [2.05, 4.69) is 4.98 Å². The van der Waals surface area contributed by atoms with Crippen molar-refractivity contribution in [3.63, 3.8) is 0 Å². The average molecular weight is 185 g/mol. The maximum absolute atomic E-state index is 10.8. The molecule has 70 valence electrons. The fourth-order valence-corrected chi connectivity index (χ4v) is 1.70. The number of pyridine rings is 1. The van der Waals surface area contributed by atoms with Gasteiger partial charge in [-0.1, -0.05) is 12.1 Å². The van der Waals surface area contributed by atoms with Crippen LogP contribution in [0.25, 0.3) is 10.9 Å². The maximum atomic E-state index is 10.8. The van der Waals surface area contributed by atoms with Crippen LogP contribution in [0.3, 0.4) is 0 Å². The monoisotopic (exact) mass is 185 g/mol. The van der Waals surface area contributed by atoms with Crippen LogP contribution in [0, 0.1) is 13.8 Å². The third-order valence-corrected chi connectivity index (χ3v) is 2.33. The molecule has 0 aliphatic rings. The van der Waals surface area contributed by atoms with Crippen molar-refractivity contribution in [3.8, 4) is 0 Å². The van der Waals surface area contributed by atoms with Gasteiger partial charge in [-0.25, -0.2) is 0 Å². The molecule has 2 rings (SSSR count). The quantitative estimate of drug-likeness (QED) is 0.639. The van der Waals surface area contributed by atoms with E-state index in [0.29, 0.717) is 5.56 Å². The normalized spacial score (nSPS) is 10.4. The first-order valence-corrected chi connectivity index (χ1v) is 4.54. The second kappa shape index (κ2) is 3.22. The molecule has 0 aliphatic carbocycles. The molecule has 0 bridgehead atoms. The molecule has 2 heteroatoms. The summed E-state index contributed by atoms with van der Waals surface area (Å²) in [7, 11) is 0. The van der Waals surface area contributed by atoms with E-state index in [-0.39, 0.29) is 0 Å². The van der Waals surface area contributed by atoms with Gasteiger partial charge in [-0.05, 0) is 31.5 Å². The Kier molecular flexibility index (Phi) is 2.04. The Morgan fingerprint density at radius 3 is 2.79 bits per heavy atom. The van der Waals surface area contributed by atoms with Crippen molar-refractivity contribution in [1.29, 1.82) is 0 Å². The second-order valence-electron chi connectivity index (χ2n) is 3.44. The Morgan fingerprint density at radius 1 is 1.29 bits per heavy atom. The van der Waals surface area contributed by atoms with Crippen LogP contribution in [0.2, 0.25) is 0 Å². The van der Waals surface area contributed by atoms with Gasteiger partial charge < -0.3 is 0 Å². The number of para-hydroxylation sites is 1. The number of aromatic nitrogens is 1. The summed E-state index contributed by atoms with van der Waals surface area (Å²) in [4.78, 5) is 15.2. The lowest BCUT2D eigenvalue weighted by molar-refractivity contribution is 0.112. The number of nitrogens with zero attached hydrogens (tertiary/aromatic N) is 1. The zero-order valence-electron chi connectivity index (χ0n) is 8.24. The van der Waals surface area contributed by atoms with E-state index < -0.39 is 0 Å². The lowest BCUT2D eigenvalue weighted by atomic mass is 10.1. The van der Waals surface area contributed by atoms with Crippen molar-refractivity contribution < 1.29 is 4.79 Å². The highest BCUT2D eigenvalue weighted by Gasteiger charge is 2.03. The molecule has 1 heterocycles. The summed E-state index contributed by atoms with van der Waals surface area (Å²) >= 11 is 0. The summed E-state index contributed by atoms with van der Waals surface area (Å²) in [5, 5.41) is 1.06. The van der Waals surface area contributed by atoms with Crippen LogP contribution in [0.15, 0.2) is 24.3 Å². The topological polar surface area (TPSA) is 30.0 Å². The van der Waals surface area contributed by atoms with Crippen LogP contribution in [0.1, 0.15) is 21.6 Å². The van der Waals surface area contributed by atoms with E-state index in [1.54, 1.807) is 6.07 Å². The molecule has 0 atom stereocenters. The van der Waals surface area contributed by atoms with Gasteiger partial charge in [0.1, 0.15) is 0 Å². The van der Waals surface area contributed by atoms with E-state index >= 15 is 0 Å². The zero-order valence-corrected chi connectivity index (χ0v) is 8.24. The number of fused-ring (bicyclic) bond motifs is 1. The molecule has 0 unspecified atom stereocenters. The number of hydrogen-bond acceptors (Lipinski definition) is 2.